The molecule has 3 rings (SSSR count). The van der Waals surface area contributed by atoms with Crippen LogP contribution in [0.2, 0.25) is 0 Å². The molecule has 1 amide bonds. The second-order valence-corrected chi connectivity index (χ2v) is 6.13. The van der Waals surface area contributed by atoms with Gasteiger partial charge in [-0.25, -0.2) is 4.79 Å². The third-order valence-corrected chi connectivity index (χ3v) is 4.10. The van der Waals surface area contributed by atoms with Crippen molar-refractivity contribution in [3.05, 3.63) is 69.8 Å². The molecule has 0 spiro atoms. The third-order valence-electron chi connectivity index (χ3n) is 4.10. The van der Waals surface area contributed by atoms with Crippen molar-refractivity contribution in [2.24, 2.45) is 0 Å². The number of esters is 1. The van der Waals surface area contributed by atoms with Crippen LogP contribution in [0.3, 0.4) is 0 Å². The summed E-state index contributed by atoms with van der Waals surface area (Å²) in [5.41, 5.74) is 0.929. The number of nitro benzene ring substituents is 1. The molecule has 9 heteroatoms. The minimum absolute atomic E-state index is 0.133. The largest absolute Gasteiger partial charge is 0.454 e. The molecule has 0 fully saturated rings. The van der Waals surface area contributed by atoms with Crippen molar-refractivity contribution in [2.75, 3.05) is 6.79 Å². The number of carbonyl (C=O) groups is 2. The van der Waals surface area contributed by atoms with Crippen LogP contribution in [0.1, 0.15) is 18.1 Å². The van der Waals surface area contributed by atoms with E-state index >= 15 is 0 Å². The highest BCUT2D eigenvalue weighted by Gasteiger charge is 2.18. The maximum atomic E-state index is 12.1. The van der Waals surface area contributed by atoms with E-state index in [9.17, 15) is 19.7 Å². The van der Waals surface area contributed by atoms with Gasteiger partial charge in [-0.15, -0.1) is 0 Å². The van der Waals surface area contributed by atoms with Gasteiger partial charge in [0.2, 0.25) is 6.79 Å². The molecule has 1 N–H and O–H groups in total. The number of amides is 1. The summed E-state index contributed by atoms with van der Waals surface area (Å²) in [7, 11) is 0. The Labute approximate surface area is 166 Å². The van der Waals surface area contributed by atoms with E-state index in [4.69, 9.17) is 14.2 Å². The van der Waals surface area contributed by atoms with E-state index in [1.165, 1.54) is 31.2 Å². The molecule has 1 aliphatic rings. The first-order valence-corrected chi connectivity index (χ1v) is 8.72. The minimum atomic E-state index is -1.04. The van der Waals surface area contributed by atoms with E-state index in [0.29, 0.717) is 11.5 Å². The third kappa shape index (κ3) is 5.10. The summed E-state index contributed by atoms with van der Waals surface area (Å²) in [5.74, 6) is -0.00632. The number of hydrogen-bond donors (Lipinski definition) is 1. The number of nitrogens with zero attached hydrogens (tertiary/aromatic N) is 1. The lowest BCUT2D eigenvalue weighted by Gasteiger charge is -2.12. The van der Waals surface area contributed by atoms with Crippen molar-refractivity contribution in [3.8, 4) is 11.5 Å². The molecule has 0 bridgehead atoms. The van der Waals surface area contributed by atoms with Gasteiger partial charge in [0, 0.05) is 18.7 Å². The first kappa shape index (κ1) is 19.9. The molecule has 0 aliphatic carbocycles. The second kappa shape index (κ2) is 8.87. The van der Waals surface area contributed by atoms with Crippen molar-refractivity contribution >= 4 is 23.6 Å². The summed E-state index contributed by atoms with van der Waals surface area (Å²) < 4.78 is 15.5. The maximum Gasteiger partial charge on any atom is 0.331 e. The van der Waals surface area contributed by atoms with E-state index in [1.54, 1.807) is 24.3 Å². The van der Waals surface area contributed by atoms with Gasteiger partial charge >= 0.3 is 5.97 Å². The Kier molecular flexibility index (Phi) is 6.08. The Morgan fingerprint density at radius 3 is 2.79 bits per heavy atom. The lowest BCUT2D eigenvalue weighted by molar-refractivity contribution is -0.385. The molecule has 0 saturated carbocycles. The van der Waals surface area contributed by atoms with Crippen LogP contribution in [0.15, 0.2) is 48.5 Å². The molecule has 0 saturated heterocycles. The Morgan fingerprint density at radius 1 is 1.24 bits per heavy atom. The normalized spacial score (nSPS) is 13.1. The molecule has 1 heterocycles. The number of rotatable bonds is 7. The van der Waals surface area contributed by atoms with Crippen molar-refractivity contribution < 1.29 is 28.7 Å². The van der Waals surface area contributed by atoms with Crippen molar-refractivity contribution in [1.29, 1.82) is 0 Å². The van der Waals surface area contributed by atoms with Gasteiger partial charge in [-0.2, -0.15) is 0 Å². The highest BCUT2D eigenvalue weighted by molar-refractivity contribution is 5.90. The molecule has 1 atom stereocenters. The van der Waals surface area contributed by atoms with E-state index in [2.05, 4.69) is 5.32 Å². The summed E-state index contributed by atoms with van der Waals surface area (Å²) >= 11 is 0. The van der Waals surface area contributed by atoms with Gasteiger partial charge in [-0.05, 0) is 36.8 Å². The van der Waals surface area contributed by atoms with E-state index in [0.717, 1.165) is 11.6 Å². The minimum Gasteiger partial charge on any atom is -0.454 e. The summed E-state index contributed by atoms with van der Waals surface area (Å²) in [5, 5.41) is 13.6. The summed E-state index contributed by atoms with van der Waals surface area (Å²) in [6, 6.07) is 11.3. The fourth-order valence-corrected chi connectivity index (χ4v) is 2.60. The fourth-order valence-electron chi connectivity index (χ4n) is 2.60. The fraction of sp³-hybridized carbons (Fsp3) is 0.200. The van der Waals surface area contributed by atoms with E-state index in [-0.39, 0.29) is 24.6 Å². The Hall–Kier alpha value is -3.88. The quantitative estimate of drug-likeness (QED) is 0.330. The van der Waals surface area contributed by atoms with Gasteiger partial charge < -0.3 is 19.5 Å². The average Bonchev–Trinajstić information content (AvgIpc) is 3.18. The average molecular weight is 398 g/mol. The van der Waals surface area contributed by atoms with Crippen LogP contribution in [0.4, 0.5) is 5.69 Å². The van der Waals surface area contributed by atoms with Crippen molar-refractivity contribution in [1.82, 2.24) is 5.32 Å². The number of benzene rings is 2. The first-order chi connectivity index (χ1) is 13.9. The van der Waals surface area contributed by atoms with Gasteiger partial charge in [-0.1, -0.05) is 18.2 Å². The zero-order valence-corrected chi connectivity index (χ0v) is 15.5. The topological polar surface area (TPSA) is 117 Å². The number of nitro groups is 1. The van der Waals surface area contributed by atoms with Crippen molar-refractivity contribution in [2.45, 2.75) is 19.6 Å². The predicted octanol–water partition coefficient (Wildman–Crippen LogP) is 2.58. The Balaban J connectivity index is 1.51. The molecule has 0 radical (unpaired) electrons. The van der Waals surface area contributed by atoms with Crippen LogP contribution in [0, 0.1) is 10.1 Å². The zero-order valence-electron chi connectivity index (χ0n) is 15.5. The Bertz CT molecular complexity index is 971. The van der Waals surface area contributed by atoms with Crippen LogP contribution < -0.4 is 14.8 Å². The van der Waals surface area contributed by atoms with Crippen LogP contribution in [0.5, 0.6) is 11.5 Å². The van der Waals surface area contributed by atoms with Gasteiger partial charge in [0.05, 0.1) is 10.5 Å². The second-order valence-electron chi connectivity index (χ2n) is 6.13. The molecule has 2 aromatic rings. The Morgan fingerprint density at radius 2 is 2.00 bits per heavy atom. The highest BCUT2D eigenvalue weighted by Crippen LogP contribution is 2.32. The van der Waals surface area contributed by atoms with E-state index in [1.807, 2.05) is 0 Å². The van der Waals surface area contributed by atoms with Crippen molar-refractivity contribution in [3.63, 3.8) is 0 Å². The monoisotopic (exact) mass is 398 g/mol. The molecule has 2 aromatic carbocycles. The number of fused-ring (bicyclic) bond motifs is 1. The summed E-state index contributed by atoms with van der Waals surface area (Å²) in [4.78, 5) is 34.5. The van der Waals surface area contributed by atoms with E-state index < -0.39 is 22.9 Å². The van der Waals surface area contributed by atoms with Crippen LogP contribution >= 0.6 is 0 Å². The number of para-hydroxylation sites is 1. The highest BCUT2D eigenvalue weighted by atomic mass is 16.7. The summed E-state index contributed by atoms with van der Waals surface area (Å²) in [6.07, 6.45) is 1.29. The molecule has 1 unspecified atom stereocenters. The predicted molar refractivity (Wildman–Crippen MR) is 102 cm³/mol. The van der Waals surface area contributed by atoms with Crippen LogP contribution in [0.25, 0.3) is 6.08 Å². The first-order valence-electron chi connectivity index (χ1n) is 8.72. The molecular weight excluding hydrogens is 380 g/mol. The molecule has 9 nitrogen and oxygen atoms in total. The molecule has 1 aliphatic heterocycles. The standard InChI is InChI=1S/C20H18N2O7/c1-13(20(24)21-11-14-6-8-17-18(10-14)28-12-27-17)29-19(23)9-7-15-4-2-3-5-16(15)22(25)26/h2-10,13H,11-12H2,1H3,(H,21,24)/b9-7+. The van der Waals surface area contributed by atoms with Gasteiger partial charge in [0.15, 0.2) is 17.6 Å². The lowest BCUT2D eigenvalue weighted by Crippen LogP contribution is -2.35. The number of carbonyl (C=O) groups excluding carboxylic acids is 2. The molecule has 150 valence electrons. The van der Waals surface area contributed by atoms with Crippen LogP contribution in [-0.2, 0) is 20.9 Å². The zero-order chi connectivity index (χ0) is 20.8. The summed E-state index contributed by atoms with van der Waals surface area (Å²) in [6.45, 7) is 1.83. The van der Waals surface area contributed by atoms with Crippen LogP contribution in [-0.4, -0.2) is 29.7 Å². The SMILES string of the molecule is CC(OC(=O)/C=C/c1ccccc1[N+](=O)[O-])C(=O)NCc1ccc2c(c1)OCO2. The molecule has 29 heavy (non-hydrogen) atoms. The van der Waals surface area contributed by atoms with Gasteiger partial charge in [0.1, 0.15) is 0 Å². The van der Waals surface area contributed by atoms with Gasteiger partial charge in [0.25, 0.3) is 11.6 Å². The smallest absolute Gasteiger partial charge is 0.331 e. The lowest BCUT2D eigenvalue weighted by atomic mass is 10.1. The molecular formula is C20H18N2O7. The van der Waals surface area contributed by atoms with Gasteiger partial charge in [-0.3, -0.25) is 14.9 Å². The number of ether oxygens (including phenoxy) is 3. The number of hydrogen-bond acceptors (Lipinski definition) is 7. The molecule has 0 aromatic heterocycles. The number of nitrogens with one attached hydrogen (secondary N) is 1. The maximum absolute atomic E-state index is 12.1.